The number of aromatic nitrogens is 4. The van der Waals surface area contributed by atoms with Gasteiger partial charge in [0.05, 0.1) is 24.7 Å². The van der Waals surface area contributed by atoms with Crippen molar-refractivity contribution in [3.63, 3.8) is 0 Å². The van der Waals surface area contributed by atoms with Gasteiger partial charge in [0.2, 0.25) is 5.88 Å². The molecule has 0 aliphatic rings. The van der Waals surface area contributed by atoms with E-state index in [-0.39, 0.29) is 12.5 Å². The third kappa shape index (κ3) is 3.93. The van der Waals surface area contributed by atoms with Crippen molar-refractivity contribution in [2.75, 3.05) is 19.0 Å². The molecule has 2 heterocycles. The van der Waals surface area contributed by atoms with Crippen LogP contribution in [0.3, 0.4) is 0 Å². The number of carbonyl (C=O) groups is 1. The highest BCUT2D eigenvalue weighted by molar-refractivity contribution is 5.93. The van der Waals surface area contributed by atoms with Crippen LogP contribution >= 0.6 is 0 Å². The zero-order valence-electron chi connectivity index (χ0n) is 16.9. The van der Waals surface area contributed by atoms with E-state index in [1.807, 2.05) is 38.1 Å². The second kappa shape index (κ2) is 8.20. The van der Waals surface area contributed by atoms with Gasteiger partial charge < -0.3 is 14.8 Å². The highest BCUT2D eigenvalue weighted by Crippen LogP contribution is 2.25. The number of hydrogen-bond acceptors (Lipinski definition) is 6. The number of aryl methyl sites for hydroxylation is 2. The summed E-state index contributed by atoms with van der Waals surface area (Å²) in [5.41, 5.74) is 4.35. The van der Waals surface area contributed by atoms with Gasteiger partial charge in [0.1, 0.15) is 17.5 Å². The van der Waals surface area contributed by atoms with Crippen LogP contribution in [0.4, 0.5) is 5.69 Å². The number of rotatable bonds is 6. The van der Waals surface area contributed by atoms with E-state index in [1.54, 1.807) is 30.1 Å². The molecule has 0 aliphatic carbocycles. The third-order valence-electron chi connectivity index (χ3n) is 4.50. The van der Waals surface area contributed by atoms with E-state index in [0.717, 1.165) is 16.8 Å². The van der Waals surface area contributed by atoms with Gasteiger partial charge in [-0.15, -0.1) is 0 Å². The number of para-hydroxylation sites is 2. The largest absolute Gasteiger partial charge is 0.495 e. The van der Waals surface area contributed by atoms with Crippen LogP contribution in [-0.4, -0.2) is 39.4 Å². The lowest BCUT2D eigenvalue weighted by Crippen LogP contribution is -2.20. The molecule has 4 rings (SSSR count). The Morgan fingerprint density at radius 3 is 2.63 bits per heavy atom. The first-order valence-electron chi connectivity index (χ1n) is 9.38. The topological polar surface area (TPSA) is 91.2 Å². The Bertz CT molecular complexity index is 1200. The Morgan fingerprint density at radius 1 is 1.10 bits per heavy atom. The zero-order chi connectivity index (χ0) is 21.1. The summed E-state index contributed by atoms with van der Waals surface area (Å²) in [6.07, 6.45) is 3.04. The summed E-state index contributed by atoms with van der Waals surface area (Å²) in [5.74, 6) is 0.545. The Kier molecular flexibility index (Phi) is 5.30. The van der Waals surface area contributed by atoms with Crippen LogP contribution in [-0.2, 0) is 4.79 Å². The number of benzene rings is 2. The van der Waals surface area contributed by atoms with Gasteiger partial charge in [-0.05, 0) is 49.2 Å². The van der Waals surface area contributed by atoms with E-state index in [1.165, 1.54) is 6.33 Å². The summed E-state index contributed by atoms with van der Waals surface area (Å²) in [6.45, 7) is 3.86. The minimum absolute atomic E-state index is 0.209. The molecule has 0 unspecified atom stereocenters. The Hall–Kier alpha value is -3.94. The van der Waals surface area contributed by atoms with Crippen molar-refractivity contribution < 1.29 is 14.3 Å². The molecule has 1 amide bonds. The quantitative estimate of drug-likeness (QED) is 0.530. The molecule has 8 nitrogen and oxygen atoms in total. The van der Waals surface area contributed by atoms with Crippen LogP contribution < -0.4 is 14.8 Å². The standard InChI is InChI=1S/C22H21N5O3/c1-14-8-15(2)10-16(9-14)27-21-17(11-25-27)22(24-13-23-21)30-12-20(28)26-18-6-4-5-7-19(18)29-3/h4-11,13H,12H2,1-3H3,(H,26,28). The molecule has 0 bridgehead atoms. The molecule has 0 radical (unpaired) electrons. The summed E-state index contributed by atoms with van der Waals surface area (Å²) in [4.78, 5) is 20.9. The lowest BCUT2D eigenvalue weighted by Gasteiger charge is -2.10. The molecule has 1 N–H and O–H groups in total. The molecule has 2 aromatic heterocycles. The fourth-order valence-electron chi connectivity index (χ4n) is 3.27. The predicted molar refractivity (Wildman–Crippen MR) is 113 cm³/mol. The van der Waals surface area contributed by atoms with Crippen LogP contribution in [0, 0.1) is 13.8 Å². The molecule has 8 heteroatoms. The lowest BCUT2D eigenvalue weighted by atomic mass is 10.1. The average Bonchev–Trinajstić information content (AvgIpc) is 3.17. The van der Waals surface area contributed by atoms with Crippen molar-refractivity contribution in [3.8, 4) is 17.3 Å². The molecule has 0 saturated carbocycles. The highest BCUT2D eigenvalue weighted by Gasteiger charge is 2.14. The van der Waals surface area contributed by atoms with Crippen molar-refractivity contribution >= 4 is 22.6 Å². The van der Waals surface area contributed by atoms with E-state index in [9.17, 15) is 4.79 Å². The van der Waals surface area contributed by atoms with Gasteiger partial charge in [-0.25, -0.2) is 14.6 Å². The van der Waals surface area contributed by atoms with Crippen LogP contribution in [0.15, 0.2) is 55.0 Å². The van der Waals surface area contributed by atoms with Gasteiger partial charge in [-0.2, -0.15) is 5.10 Å². The maximum Gasteiger partial charge on any atom is 0.262 e. The fourth-order valence-corrected chi connectivity index (χ4v) is 3.27. The molecule has 152 valence electrons. The van der Waals surface area contributed by atoms with Gasteiger partial charge in [0.15, 0.2) is 12.3 Å². The van der Waals surface area contributed by atoms with Crippen molar-refractivity contribution in [2.45, 2.75) is 13.8 Å². The Labute approximate surface area is 173 Å². The molecule has 30 heavy (non-hydrogen) atoms. The second-order valence-corrected chi connectivity index (χ2v) is 6.86. The Balaban J connectivity index is 1.54. The molecule has 0 fully saturated rings. The van der Waals surface area contributed by atoms with E-state index >= 15 is 0 Å². The minimum Gasteiger partial charge on any atom is -0.495 e. The van der Waals surface area contributed by atoms with Crippen LogP contribution in [0.1, 0.15) is 11.1 Å². The van der Waals surface area contributed by atoms with Crippen molar-refractivity contribution in [1.29, 1.82) is 0 Å². The van der Waals surface area contributed by atoms with E-state index < -0.39 is 0 Å². The first kappa shape index (κ1) is 19.4. The van der Waals surface area contributed by atoms with Crippen LogP contribution in [0.25, 0.3) is 16.7 Å². The number of anilines is 1. The maximum absolute atomic E-state index is 12.3. The Morgan fingerprint density at radius 2 is 1.87 bits per heavy atom. The molecule has 0 atom stereocenters. The molecular formula is C22H21N5O3. The minimum atomic E-state index is -0.326. The number of carbonyl (C=O) groups excluding carboxylic acids is 1. The zero-order valence-corrected chi connectivity index (χ0v) is 16.9. The lowest BCUT2D eigenvalue weighted by molar-refractivity contribution is -0.118. The summed E-state index contributed by atoms with van der Waals surface area (Å²) >= 11 is 0. The summed E-state index contributed by atoms with van der Waals surface area (Å²) in [7, 11) is 1.55. The average molecular weight is 403 g/mol. The monoisotopic (exact) mass is 403 g/mol. The van der Waals surface area contributed by atoms with Crippen molar-refractivity contribution in [1.82, 2.24) is 19.7 Å². The molecule has 2 aromatic carbocycles. The summed E-state index contributed by atoms with van der Waals surface area (Å²) in [5, 5.41) is 7.84. The number of nitrogens with zero attached hydrogens (tertiary/aromatic N) is 4. The molecule has 0 aliphatic heterocycles. The summed E-state index contributed by atoms with van der Waals surface area (Å²) in [6, 6.07) is 13.3. The van der Waals surface area contributed by atoms with E-state index in [0.29, 0.717) is 28.4 Å². The smallest absolute Gasteiger partial charge is 0.262 e. The van der Waals surface area contributed by atoms with E-state index in [4.69, 9.17) is 9.47 Å². The van der Waals surface area contributed by atoms with Gasteiger partial charge in [0, 0.05) is 0 Å². The van der Waals surface area contributed by atoms with Gasteiger partial charge in [-0.1, -0.05) is 18.2 Å². The maximum atomic E-state index is 12.3. The third-order valence-corrected chi connectivity index (χ3v) is 4.50. The van der Waals surface area contributed by atoms with Crippen molar-refractivity contribution in [2.24, 2.45) is 0 Å². The first-order valence-corrected chi connectivity index (χ1v) is 9.38. The van der Waals surface area contributed by atoms with Gasteiger partial charge in [0.25, 0.3) is 5.91 Å². The van der Waals surface area contributed by atoms with Crippen molar-refractivity contribution in [3.05, 3.63) is 66.1 Å². The molecule has 0 spiro atoms. The van der Waals surface area contributed by atoms with Gasteiger partial charge in [-0.3, -0.25) is 4.79 Å². The number of ether oxygens (including phenoxy) is 2. The highest BCUT2D eigenvalue weighted by atomic mass is 16.5. The molecule has 4 aromatic rings. The summed E-state index contributed by atoms with van der Waals surface area (Å²) < 4.78 is 12.6. The first-order chi connectivity index (χ1) is 14.5. The normalized spacial score (nSPS) is 10.8. The van der Waals surface area contributed by atoms with E-state index in [2.05, 4.69) is 26.4 Å². The fraction of sp³-hybridized carbons (Fsp3) is 0.182. The molecular weight excluding hydrogens is 382 g/mol. The number of hydrogen-bond donors (Lipinski definition) is 1. The number of nitrogens with one attached hydrogen (secondary N) is 1. The number of amides is 1. The molecule has 0 saturated heterocycles. The number of fused-ring (bicyclic) bond motifs is 1. The van der Waals surface area contributed by atoms with Crippen LogP contribution in [0.2, 0.25) is 0 Å². The predicted octanol–water partition coefficient (Wildman–Crippen LogP) is 3.46. The second-order valence-electron chi connectivity index (χ2n) is 6.86. The number of methoxy groups -OCH3 is 1. The van der Waals surface area contributed by atoms with Crippen LogP contribution in [0.5, 0.6) is 11.6 Å². The van der Waals surface area contributed by atoms with Gasteiger partial charge >= 0.3 is 0 Å². The SMILES string of the molecule is COc1ccccc1NC(=O)COc1ncnc2c1cnn2-c1cc(C)cc(C)c1.